The van der Waals surface area contributed by atoms with Crippen LogP contribution in [-0.4, -0.2) is 18.5 Å². The van der Waals surface area contributed by atoms with Crippen molar-refractivity contribution in [3.8, 4) is 0 Å². The monoisotopic (exact) mass is 242 g/mol. The summed E-state index contributed by atoms with van der Waals surface area (Å²) in [6.07, 6.45) is -0.0221. The summed E-state index contributed by atoms with van der Waals surface area (Å²) in [4.78, 5) is 21.9. The highest BCUT2D eigenvalue weighted by Gasteiger charge is 2.12. The Morgan fingerprint density at radius 2 is 2.06 bits per heavy atom. The summed E-state index contributed by atoms with van der Waals surface area (Å²) in [5.74, 6) is -1.16. The average molecular weight is 243 g/mol. The Hall–Kier alpha value is -1.75. The first-order chi connectivity index (χ1) is 7.50. The van der Waals surface area contributed by atoms with Gasteiger partial charge < -0.3 is 16.2 Å². The molecule has 1 amide bonds. The molecule has 4 N–H and O–H groups in total. The van der Waals surface area contributed by atoms with Gasteiger partial charge in [0.2, 0.25) is 5.91 Å². The van der Waals surface area contributed by atoms with Crippen molar-refractivity contribution in [2.24, 2.45) is 5.73 Å². The van der Waals surface area contributed by atoms with Crippen LogP contribution < -0.4 is 11.5 Å². The van der Waals surface area contributed by atoms with Crippen molar-refractivity contribution in [3.05, 3.63) is 28.8 Å². The van der Waals surface area contributed by atoms with Gasteiger partial charge in [-0.25, -0.2) is 4.79 Å². The Morgan fingerprint density at radius 3 is 2.69 bits per heavy atom. The van der Waals surface area contributed by atoms with Crippen LogP contribution in [0, 0.1) is 0 Å². The number of rotatable bonds is 4. The van der Waals surface area contributed by atoms with Crippen molar-refractivity contribution < 1.29 is 14.3 Å². The van der Waals surface area contributed by atoms with Crippen molar-refractivity contribution in [1.82, 2.24) is 0 Å². The first kappa shape index (κ1) is 12.3. The number of nitrogens with two attached hydrogens (primary N) is 2. The number of hydrogen-bond acceptors (Lipinski definition) is 4. The number of primary amides is 1. The van der Waals surface area contributed by atoms with Gasteiger partial charge in [0.1, 0.15) is 6.61 Å². The molecule has 0 aliphatic carbocycles. The number of benzene rings is 1. The summed E-state index contributed by atoms with van der Waals surface area (Å²) < 4.78 is 4.79. The topological polar surface area (TPSA) is 95.4 Å². The Kier molecular flexibility index (Phi) is 4.13. The Balaban J connectivity index is 2.65. The van der Waals surface area contributed by atoms with E-state index in [1.807, 2.05) is 0 Å². The quantitative estimate of drug-likeness (QED) is 0.607. The van der Waals surface area contributed by atoms with E-state index in [1.54, 1.807) is 6.07 Å². The molecule has 0 bridgehead atoms. The smallest absolute Gasteiger partial charge is 0.339 e. The van der Waals surface area contributed by atoms with Crippen molar-refractivity contribution in [1.29, 1.82) is 0 Å². The van der Waals surface area contributed by atoms with E-state index in [4.69, 9.17) is 27.8 Å². The fourth-order valence-corrected chi connectivity index (χ4v) is 1.22. The molecule has 1 aromatic carbocycles. The van der Waals surface area contributed by atoms with Crippen LogP contribution in [0.2, 0.25) is 5.02 Å². The molecule has 1 aromatic rings. The van der Waals surface area contributed by atoms with Crippen molar-refractivity contribution in [2.45, 2.75) is 6.42 Å². The van der Waals surface area contributed by atoms with Crippen LogP contribution in [0.15, 0.2) is 18.2 Å². The predicted octanol–water partition coefficient (Wildman–Crippen LogP) is 0.954. The lowest BCUT2D eigenvalue weighted by Gasteiger charge is -2.05. The van der Waals surface area contributed by atoms with Crippen LogP contribution in [0.4, 0.5) is 5.69 Å². The maximum atomic E-state index is 11.5. The number of anilines is 1. The summed E-state index contributed by atoms with van der Waals surface area (Å²) in [6.45, 7) is -0.0701. The van der Waals surface area contributed by atoms with E-state index in [1.165, 1.54) is 12.1 Å². The molecule has 0 fully saturated rings. The first-order valence-corrected chi connectivity index (χ1v) is 4.89. The number of nitrogen functional groups attached to an aromatic ring is 1. The molecular formula is C10H11ClN2O3. The van der Waals surface area contributed by atoms with Crippen molar-refractivity contribution in [3.63, 3.8) is 0 Å². The molecule has 16 heavy (non-hydrogen) atoms. The Morgan fingerprint density at radius 1 is 1.38 bits per heavy atom. The summed E-state index contributed by atoms with van der Waals surface area (Å²) in [5, 5.41) is 0.248. The van der Waals surface area contributed by atoms with Gasteiger partial charge >= 0.3 is 5.97 Å². The van der Waals surface area contributed by atoms with Gasteiger partial charge in [0, 0.05) is 5.69 Å². The number of carbonyl (C=O) groups excluding carboxylic acids is 2. The minimum atomic E-state index is -0.626. The molecule has 0 aliphatic rings. The molecule has 0 heterocycles. The van der Waals surface area contributed by atoms with E-state index in [2.05, 4.69) is 0 Å². The third kappa shape index (κ3) is 3.43. The lowest BCUT2D eigenvalue weighted by atomic mass is 10.2. The third-order valence-corrected chi connectivity index (χ3v) is 2.12. The van der Waals surface area contributed by atoms with E-state index in [0.717, 1.165) is 0 Å². The zero-order valence-corrected chi connectivity index (χ0v) is 9.16. The molecule has 0 saturated heterocycles. The van der Waals surface area contributed by atoms with E-state index in [0.29, 0.717) is 5.69 Å². The van der Waals surface area contributed by atoms with Crippen LogP contribution in [0.25, 0.3) is 0 Å². The van der Waals surface area contributed by atoms with Gasteiger partial charge in [-0.15, -0.1) is 0 Å². The molecule has 5 nitrogen and oxygen atoms in total. The second kappa shape index (κ2) is 5.37. The minimum absolute atomic E-state index is 0.0221. The molecule has 0 unspecified atom stereocenters. The molecular weight excluding hydrogens is 232 g/mol. The SMILES string of the molecule is NC(=O)CCOC(=O)c1cc(N)ccc1Cl. The first-order valence-electron chi connectivity index (χ1n) is 4.51. The fraction of sp³-hybridized carbons (Fsp3) is 0.200. The molecule has 0 aliphatic heterocycles. The van der Waals surface area contributed by atoms with Gasteiger partial charge in [-0.2, -0.15) is 0 Å². The number of amides is 1. The maximum absolute atomic E-state index is 11.5. The lowest BCUT2D eigenvalue weighted by molar-refractivity contribution is -0.118. The normalized spacial score (nSPS) is 9.81. The maximum Gasteiger partial charge on any atom is 0.339 e. The number of esters is 1. The fourth-order valence-electron chi connectivity index (χ4n) is 1.02. The second-order valence-corrected chi connectivity index (χ2v) is 3.50. The molecule has 0 atom stereocenters. The second-order valence-electron chi connectivity index (χ2n) is 3.09. The number of ether oxygens (including phenoxy) is 1. The van der Waals surface area contributed by atoms with Crippen LogP contribution in [0.3, 0.4) is 0 Å². The highest BCUT2D eigenvalue weighted by Crippen LogP contribution is 2.19. The number of hydrogen-bond donors (Lipinski definition) is 2. The van der Waals surface area contributed by atoms with E-state index in [9.17, 15) is 9.59 Å². The summed E-state index contributed by atoms with van der Waals surface area (Å²) >= 11 is 5.78. The Labute approximate surface area is 97.3 Å². The molecule has 6 heteroatoms. The van der Waals surface area contributed by atoms with Gasteiger partial charge in [0.05, 0.1) is 17.0 Å². The molecule has 1 rings (SSSR count). The van der Waals surface area contributed by atoms with Gasteiger partial charge in [0.15, 0.2) is 0 Å². The third-order valence-electron chi connectivity index (χ3n) is 1.79. The molecule has 0 radical (unpaired) electrons. The number of carbonyl (C=O) groups is 2. The van der Waals surface area contributed by atoms with Gasteiger partial charge in [0.25, 0.3) is 0 Å². The molecule has 86 valence electrons. The molecule has 0 spiro atoms. The van der Waals surface area contributed by atoms with Crippen molar-refractivity contribution >= 4 is 29.2 Å². The molecule has 0 saturated carbocycles. The average Bonchev–Trinajstić information content (AvgIpc) is 2.21. The van der Waals surface area contributed by atoms with E-state index >= 15 is 0 Å². The van der Waals surface area contributed by atoms with Crippen LogP contribution in [0.1, 0.15) is 16.8 Å². The number of halogens is 1. The standard InChI is InChI=1S/C10H11ClN2O3/c11-8-2-1-6(12)5-7(8)10(15)16-4-3-9(13)14/h1-2,5H,3-4,12H2,(H2,13,14). The summed E-state index contributed by atoms with van der Waals surface area (Å²) in [7, 11) is 0. The molecule has 0 aromatic heterocycles. The van der Waals surface area contributed by atoms with Gasteiger partial charge in [-0.3, -0.25) is 4.79 Å². The Bertz CT molecular complexity index is 421. The lowest BCUT2D eigenvalue weighted by Crippen LogP contribution is -2.16. The minimum Gasteiger partial charge on any atom is -0.462 e. The van der Waals surface area contributed by atoms with Crippen LogP contribution in [-0.2, 0) is 9.53 Å². The largest absolute Gasteiger partial charge is 0.462 e. The van der Waals surface area contributed by atoms with E-state index in [-0.39, 0.29) is 23.6 Å². The highest BCUT2D eigenvalue weighted by atomic mass is 35.5. The highest BCUT2D eigenvalue weighted by molar-refractivity contribution is 6.33. The predicted molar refractivity (Wildman–Crippen MR) is 60.0 cm³/mol. The van der Waals surface area contributed by atoms with Gasteiger partial charge in [-0.1, -0.05) is 11.6 Å². The van der Waals surface area contributed by atoms with Crippen LogP contribution in [0.5, 0.6) is 0 Å². The van der Waals surface area contributed by atoms with E-state index < -0.39 is 11.9 Å². The zero-order valence-electron chi connectivity index (χ0n) is 8.40. The van der Waals surface area contributed by atoms with Crippen LogP contribution >= 0.6 is 11.6 Å². The summed E-state index contributed by atoms with van der Waals surface area (Å²) in [5.41, 5.74) is 11.0. The zero-order chi connectivity index (χ0) is 12.1. The van der Waals surface area contributed by atoms with Crippen molar-refractivity contribution in [2.75, 3.05) is 12.3 Å². The summed E-state index contributed by atoms with van der Waals surface area (Å²) in [6, 6.07) is 4.49. The van der Waals surface area contributed by atoms with Gasteiger partial charge in [-0.05, 0) is 18.2 Å².